The highest BCUT2D eigenvalue weighted by atomic mass is 16.5. The normalized spacial score (nSPS) is 12.3. The van der Waals surface area contributed by atoms with Crippen LogP contribution in [0.2, 0.25) is 0 Å². The first-order chi connectivity index (χ1) is 12.5. The van der Waals surface area contributed by atoms with Gasteiger partial charge in [0.25, 0.3) is 0 Å². The van der Waals surface area contributed by atoms with Gasteiger partial charge in [-0.15, -0.1) is 0 Å². The molecule has 0 spiro atoms. The Labute approximate surface area is 161 Å². The first-order valence-electron chi connectivity index (χ1n) is 10.6. The van der Waals surface area contributed by atoms with Gasteiger partial charge in [0.1, 0.15) is 0 Å². The molecule has 1 N–H and O–H groups in total. The van der Waals surface area contributed by atoms with E-state index in [0.29, 0.717) is 19.4 Å². The highest BCUT2D eigenvalue weighted by Crippen LogP contribution is 2.10. The zero-order chi connectivity index (χ0) is 19.5. The summed E-state index contributed by atoms with van der Waals surface area (Å²) in [5.41, 5.74) is -0.764. The summed E-state index contributed by atoms with van der Waals surface area (Å²) >= 11 is 0. The molecule has 0 unspecified atom stereocenters. The quantitative estimate of drug-likeness (QED) is 0.181. The van der Waals surface area contributed by atoms with Crippen LogP contribution in [0.5, 0.6) is 0 Å². The number of allylic oxidation sites excluding steroid dienone is 4. The molecule has 0 aliphatic carbocycles. The van der Waals surface area contributed by atoms with Crippen molar-refractivity contribution in [1.29, 1.82) is 0 Å². The summed E-state index contributed by atoms with van der Waals surface area (Å²) in [6, 6.07) is 0. The number of hydrogen-bond donors (Lipinski definition) is 1. The molecule has 0 aromatic heterocycles. The Morgan fingerprint density at radius 3 is 2.08 bits per heavy atom. The standard InChI is InChI=1S/C23H42O3/c1-4-5-6-7-8-9-10-11-12-13-14-15-16-17-18-19-22(24)26-21-20-23(2,3)25/h8-9,11-12,25H,4-7,10,13-21H2,1-3H3/b9-8-,12-11-. The molecule has 0 heterocycles. The minimum absolute atomic E-state index is 0.139. The monoisotopic (exact) mass is 366 g/mol. The van der Waals surface area contributed by atoms with Crippen LogP contribution in [0.3, 0.4) is 0 Å². The third kappa shape index (κ3) is 21.0. The van der Waals surface area contributed by atoms with Crippen LogP contribution in [0.1, 0.15) is 104 Å². The van der Waals surface area contributed by atoms with Crippen molar-refractivity contribution < 1.29 is 14.6 Å². The molecular weight excluding hydrogens is 324 g/mol. The Hall–Kier alpha value is -1.09. The second-order valence-electron chi connectivity index (χ2n) is 7.76. The molecule has 0 rings (SSSR count). The second-order valence-corrected chi connectivity index (χ2v) is 7.76. The maximum absolute atomic E-state index is 11.5. The van der Waals surface area contributed by atoms with E-state index in [0.717, 1.165) is 25.7 Å². The fraction of sp³-hybridized carbons (Fsp3) is 0.783. The van der Waals surface area contributed by atoms with Gasteiger partial charge in [-0.3, -0.25) is 4.79 Å². The van der Waals surface area contributed by atoms with Gasteiger partial charge in [-0.2, -0.15) is 0 Å². The van der Waals surface area contributed by atoms with Crippen molar-refractivity contribution in [1.82, 2.24) is 0 Å². The van der Waals surface area contributed by atoms with E-state index < -0.39 is 5.60 Å². The number of hydrogen-bond acceptors (Lipinski definition) is 3. The predicted octanol–water partition coefficient (Wildman–Crippen LogP) is 6.50. The Kier molecular flexibility index (Phi) is 16.6. The third-order valence-corrected chi connectivity index (χ3v) is 4.31. The van der Waals surface area contributed by atoms with E-state index in [1.807, 2.05) is 0 Å². The third-order valence-electron chi connectivity index (χ3n) is 4.31. The molecule has 0 atom stereocenters. The number of rotatable bonds is 17. The molecule has 0 amide bonds. The van der Waals surface area contributed by atoms with Crippen molar-refractivity contribution in [3.05, 3.63) is 24.3 Å². The average Bonchev–Trinajstić information content (AvgIpc) is 2.57. The summed E-state index contributed by atoms with van der Waals surface area (Å²) in [5.74, 6) is -0.139. The first-order valence-corrected chi connectivity index (χ1v) is 10.6. The maximum Gasteiger partial charge on any atom is 0.305 e. The maximum atomic E-state index is 11.5. The van der Waals surface area contributed by atoms with E-state index in [1.54, 1.807) is 13.8 Å². The molecule has 0 aromatic carbocycles. The fourth-order valence-electron chi connectivity index (χ4n) is 2.57. The zero-order valence-corrected chi connectivity index (χ0v) is 17.5. The molecule has 0 bridgehead atoms. The summed E-state index contributed by atoms with van der Waals surface area (Å²) in [7, 11) is 0. The van der Waals surface area contributed by atoms with E-state index in [2.05, 4.69) is 31.2 Å². The molecule has 0 aliphatic heterocycles. The van der Waals surface area contributed by atoms with Crippen molar-refractivity contribution in [3.8, 4) is 0 Å². The van der Waals surface area contributed by atoms with Crippen LogP contribution in [-0.2, 0) is 9.53 Å². The Morgan fingerprint density at radius 1 is 0.885 bits per heavy atom. The van der Waals surface area contributed by atoms with Crippen molar-refractivity contribution in [2.45, 2.75) is 110 Å². The van der Waals surface area contributed by atoms with E-state index in [9.17, 15) is 9.90 Å². The van der Waals surface area contributed by atoms with Crippen molar-refractivity contribution in [2.24, 2.45) is 0 Å². The lowest BCUT2D eigenvalue weighted by atomic mass is 10.1. The molecule has 26 heavy (non-hydrogen) atoms. The predicted molar refractivity (Wildman–Crippen MR) is 111 cm³/mol. The van der Waals surface area contributed by atoms with E-state index >= 15 is 0 Å². The molecule has 0 saturated heterocycles. The van der Waals surface area contributed by atoms with Crippen LogP contribution in [0.15, 0.2) is 24.3 Å². The SMILES string of the molecule is CCCCC/C=C\C/C=C\CCCCCCCC(=O)OCCC(C)(C)O. The van der Waals surface area contributed by atoms with Crippen LogP contribution in [0, 0.1) is 0 Å². The minimum atomic E-state index is -0.764. The lowest BCUT2D eigenvalue weighted by Gasteiger charge is -2.16. The Bertz CT molecular complexity index is 377. The highest BCUT2D eigenvalue weighted by Gasteiger charge is 2.13. The van der Waals surface area contributed by atoms with E-state index in [1.165, 1.54) is 44.9 Å². The lowest BCUT2D eigenvalue weighted by molar-refractivity contribution is -0.145. The van der Waals surface area contributed by atoms with E-state index in [4.69, 9.17) is 4.74 Å². The van der Waals surface area contributed by atoms with Gasteiger partial charge in [-0.05, 0) is 52.4 Å². The molecule has 0 aliphatic rings. The zero-order valence-electron chi connectivity index (χ0n) is 17.5. The summed E-state index contributed by atoms with van der Waals surface area (Å²) < 4.78 is 5.12. The van der Waals surface area contributed by atoms with Crippen molar-refractivity contribution >= 4 is 5.97 Å². The number of esters is 1. The summed E-state index contributed by atoms with van der Waals surface area (Å²) in [5, 5.41) is 9.55. The second kappa shape index (κ2) is 17.3. The molecule has 3 heteroatoms. The van der Waals surface area contributed by atoms with Crippen LogP contribution >= 0.6 is 0 Å². The van der Waals surface area contributed by atoms with Gasteiger partial charge in [-0.25, -0.2) is 0 Å². The molecule has 152 valence electrons. The number of carbonyl (C=O) groups is 1. The van der Waals surface area contributed by atoms with Gasteiger partial charge in [-0.1, -0.05) is 63.3 Å². The largest absolute Gasteiger partial charge is 0.466 e. The Morgan fingerprint density at radius 2 is 1.46 bits per heavy atom. The van der Waals surface area contributed by atoms with Gasteiger partial charge < -0.3 is 9.84 Å². The van der Waals surface area contributed by atoms with Crippen LogP contribution < -0.4 is 0 Å². The number of ether oxygens (including phenoxy) is 1. The molecule has 0 fully saturated rings. The molecular formula is C23H42O3. The smallest absolute Gasteiger partial charge is 0.305 e. The molecule has 0 radical (unpaired) electrons. The molecule has 3 nitrogen and oxygen atoms in total. The van der Waals surface area contributed by atoms with Crippen LogP contribution in [-0.4, -0.2) is 23.3 Å². The van der Waals surface area contributed by atoms with Crippen LogP contribution in [0.4, 0.5) is 0 Å². The lowest BCUT2D eigenvalue weighted by Crippen LogP contribution is -2.22. The summed E-state index contributed by atoms with van der Waals surface area (Å²) in [4.78, 5) is 11.5. The van der Waals surface area contributed by atoms with E-state index in [-0.39, 0.29) is 5.97 Å². The van der Waals surface area contributed by atoms with Gasteiger partial charge >= 0.3 is 5.97 Å². The van der Waals surface area contributed by atoms with Gasteiger partial charge in [0.2, 0.25) is 0 Å². The average molecular weight is 367 g/mol. The Balaban J connectivity index is 3.33. The van der Waals surface area contributed by atoms with Gasteiger partial charge in [0.05, 0.1) is 12.2 Å². The minimum Gasteiger partial charge on any atom is -0.466 e. The number of aliphatic hydroxyl groups is 1. The summed E-state index contributed by atoms with van der Waals surface area (Å²) in [6.45, 7) is 5.99. The highest BCUT2D eigenvalue weighted by molar-refractivity contribution is 5.69. The number of carbonyl (C=O) groups excluding carboxylic acids is 1. The van der Waals surface area contributed by atoms with Gasteiger partial charge in [0.15, 0.2) is 0 Å². The van der Waals surface area contributed by atoms with Gasteiger partial charge in [0, 0.05) is 12.8 Å². The summed E-state index contributed by atoms with van der Waals surface area (Å²) in [6.07, 6.45) is 23.1. The number of unbranched alkanes of at least 4 members (excludes halogenated alkanes) is 8. The fourth-order valence-corrected chi connectivity index (χ4v) is 2.57. The topological polar surface area (TPSA) is 46.5 Å². The first kappa shape index (κ1) is 24.9. The van der Waals surface area contributed by atoms with Crippen molar-refractivity contribution in [2.75, 3.05) is 6.61 Å². The van der Waals surface area contributed by atoms with Crippen molar-refractivity contribution in [3.63, 3.8) is 0 Å². The van der Waals surface area contributed by atoms with Crippen LogP contribution in [0.25, 0.3) is 0 Å². The molecule has 0 aromatic rings. The molecule has 0 saturated carbocycles.